The monoisotopic (exact) mass is 388 g/mol. The van der Waals surface area contributed by atoms with Crippen LogP contribution in [-0.2, 0) is 0 Å². The zero-order chi connectivity index (χ0) is 19.9. The van der Waals surface area contributed by atoms with E-state index in [1.165, 1.54) is 0 Å². The highest BCUT2D eigenvalue weighted by Gasteiger charge is 2.21. The van der Waals surface area contributed by atoms with Gasteiger partial charge in [0.1, 0.15) is 12.4 Å². The summed E-state index contributed by atoms with van der Waals surface area (Å²) in [6, 6.07) is 0. The highest BCUT2D eigenvalue weighted by Crippen LogP contribution is 2.14. The van der Waals surface area contributed by atoms with Gasteiger partial charge in [-0.1, -0.05) is 13.0 Å². The zero-order valence-corrected chi connectivity index (χ0v) is 17.1. The van der Waals surface area contributed by atoms with E-state index in [0.717, 1.165) is 51.9 Å². The molecule has 0 aliphatic carbocycles. The standard InChI is InChI=1S/C19H41FN6O/c1-4-8-16(20)9-6-7-10-23-17(13-15(5-2)19(27)21-3)25-26-18-14-22-11-12-24-18/h4,15-19,21-27H,1,5-14H2,2-3H3/t15?,16-,17?,18?,19?/m1/s1. The van der Waals surface area contributed by atoms with Crippen LogP contribution in [0.4, 0.5) is 4.39 Å². The Bertz CT molecular complexity index is 370. The Hall–Kier alpha value is -0.610. The second-order valence-corrected chi connectivity index (χ2v) is 7.26. The number of hydrazine groups is 1. The SMILES string of the molecule is C=CC[C@@H](F)CCCCNC(CC(CC)C(O)NC)NNC1CNCCN1. The van der Waals surface area contributed by atoms with Crippen molar-refractivity contribution in [1.82, 2.24) is 32.1 Å². The number of rotatable bonds is 16. The fourth-order valence-corrected chi connectivity index (χ4v) is 3.27. The molecule has 1 rings (SSSR count). The topological polar surface area (TPSA) is 92.4 Å². The third-order valence-corrected chi connectivity index (χ3v) is 5.04. The van der Waals surface area contributed by atoms with E-state index in [1.807, 2.05) is 0 Å². The van der Waals surface area contributed by atoms with Crippen molar-refractivity contribution in [2.24, 2.45) is 5.92 Å². The normalized spacial score (nSPS) is 22.1. The van der Waals surface area contributed by atoms with E-state index >= 15 is 0 Å². The molecule has 1 saturated heterocycles. The van der Waals surface area contributed by atoms with E-state index in [9.17, 15) is 9.50 Å². The molecule has 1 heterocycles. The molecule has 0 radical (unpaired) electrons. The molecule has 7 nitrogen and oxygen atoms in total. The van der Waals surface area contributed by atoms with Crippen molar-refractivity contribution in [1.29, 1.82) is 0 Å². The molecule has 1 aliphatic rings. The first-order valence-electron chi connectivity index (χ1n) is 10.4. The summed E-state index contributed by atoms with van der Waals surface area (Å²) in [5, 5.41) is 23.3. The van der Waals surface area contributed by atoms with Gasteiger partial charge in [0, 0.05) is 25.6 Å². The van der Waals surface area contributed by atoms with E-state index in [2.05, 4.69) is 45.6 Å². The Morgan fingerprint density at radius 1 is 1.33 bits per heavy atom. The van der Waals surface area contributed by atoms with Crippen LogP contribution >= 0.6 is 0 Å². The summed E-state index contributed by atoms with van der Waals surface area (Å²) < 4.78 is 13.5. The molecule has 0 aromatic carbocycles. The maximum absolute atomic E-state index is 13.5. The first kappa shape index (κ1) is 24.4. The van der Waals surface area contributed by atoms with Gasteiger partial charge in [-0.3, -0.25) is 10.6 Å². The average Bonchev–Trinajstić information content (AvgIpc) is 2.69. The lowest BCUT2D eigenvalue weighted by Gasteiger charge is -2.31. The molecule has 1 aliphatic heterocycles. The van der Waals surface area contributed by atoms with Crippen molar-refractivity contribution in [2.75, 3.05) is 33.2 Å². The van der Waals surface area contributed by atoms with Crippen LogP contribution in [0, 0.1) is 5.92 Å². The Kier molecular flexibility index (Phi) is 13.9. The van der Waals surface area contributed by atoms with Crippen LogP contribution in [0.2, 0.25) is 0 Å². The molecule has 4 unspecified atom stereocenters. The molecule has 7 N–H and O–H groups in total. The fraction of sp³-hybridized carbons (Fsp3) is 0.895. The number of alkyl halides is 1. The van der Waals surface area contributed by atoms with Crippen LogP contribution in [0.25, 0.3) is 0 Å². The largest absolute Gasteiger partial charge is 0.378 e. The molecule has 160 valence electrons. The number of piperazine rings is 1. The number of halogens is 1. The molecular formula is C19H41FN6O. The van der Waals surface area contributed by atoms with Crippen LogP contribution in [0.15, 0.2) is 12.7 Å². The quantitative estimate of drug-likeness (QED) is 0.0899. The summed E-state index contributed by atoms with van der Waals surface area (Å²) in [5.74, 6) is 0.141. The summed E-state index contributed by atoms with van der Waals surface area (Å²) >= 11 is 0. The summed E-state index contributed by atoms with van der Waals surface area (Å²) in [6.07, 6.45) is 4.99. The smallest absolute Gasteiger partial charge is 0.107 e. The lowest BCUT2D eigenvalue weighted by Crippen LogP contribution is -2.63. The van der Waals surface area contributed by atoms with Crippen LogP contribution in [0.3, 0.4) is 0 Å². The van der Waals surface area contributed by atoms with Crippen molar-refractivity contribution < 1.29 is 9.50 Å². The Morgan fingerprint density at radius 2 is 2.15 bits per heavy atom. The minimum atomic E-state index is -0.779. The number of aliphatic hydroxyl groups excluding tert-OH is 1. The molecule has 8 heteroatoms. The third-order valence-electron chi connectivity index (χ3n) is 5.04. The van der Waals surface area contributed by atoms with Gasteiger partial charge in [0.05, 0.1) is 12.3 Å². The van der Waals surface area contributed by atoms with Gasteiger partial charge in [-0.15, -0.1) is 6.58 Å². The highest BCUT2D eigenvalue weighted by molar-refractivity contribution is 4.76. The van der Waals surface area contributed by atoms with Crippen molar-refractivity contribution in [3.8, 4) is 0 Å². The maximum Gasteiger partial charge on any atom is 0.107 e. The Morgan fingerprint density at radius 3 is 2.78 bits per heavy atom. The van der Waals surface area contributed by atoms with Gasteiger partial charge >= 0.3 is 0 Å². The number of allylic oxidation sites excluding steroid dienone is 1. The molecule has 27 heavy (non-hydrogen) atoms. The lowest BCUT2D eigenvalue weighted by atomic mass is 9.98. The van der Waals surface area contributed by atoms with E-state index in [4.69, 9.17) is 0 Å². The fourth-order valence-electron chi connectivity index (χ4n) is 3.27. The minimum absolute atomic E-state index is 0.0241. The molecular weight excluding hydrogens is 347 g/mol. The molecule has 0 spiro atoms. The van der Waals surface area contributed by atoms with Gasteiger partial charge in [0.15, 0.2) is 0 Å². The van der Waals surface area contributed by atoms with E-state index < -0.39 is 12.4 Å². The molecule has 0 amide bonds. The summed E-state index contributed by atoms with van der Waals surface area (Å²) in [7, 11) is 1.77. The maximum atomic E-state index is 13.5. The molecule has 0 aromatic rings. The van der Waals surface area contributed by atoms with E-state index in [1.54, 1.807) is 13.1 Å². The first-order valence-corrected chi connectivity index (χ1v) is 10.4. The van der Waals surface area contributed by atoms with Gasteiger partial charge in [0.2, 0.25) is 0 Å². The van der Waals surface area contributed by atoms with Crippen LogP contribution in [0.5, 0.6) is 0 Å². The van der Waals surface area contributed by atoms with Gasteiger partial charge < -0.3 is 15.7 Å². The van der Waals surface area contributed by atoms with Gasteiger partial charge in [-0.2, -0.15) is 0 Å². The summed E-state index contributed by atoms with van der Waals surface area (Å²) in [6.45, 7) is 9.25. The number of hydrogen-bond donors (Lipinski definition) is 7. The van der Waals surface area contributed by atoms with Gasteiger partial charge in [-0.05, 0) is 52.1 Å². The second kappa shape index (κ2) is 15.3. The molecule has 5 atom stereocenters. The van der Waals surface area contributed by atoms with Gasteiger partial charge in [-0.25, -0.2) is 15.2 Å². The number of aliphatic hydroxyl groups is 1. The van der Waals surface area contributed by atoms with Crippen LogP contribution in [0.1, 0.15) is 45.4 Å². The predicted molar refractivity (Wildman–Crippen MR) is 110 cm³/mol. The van der Waals surface area contributed by atoms with Crippen molar-refractivity contribution in [3.63, 3.8) is 0 Å². The second-order valence-electron chi connectivity index (χ2n) is 7.26. The number of nitrogens with one attached hydrogen (secondary N) is 6. The summed E-state index contributed by atoms with van der Waals surface area (Å²) in [4.78, 5) is 0. The van der Waals surface area contributed by atoms with E-state index in [0.29, 0.717) is 12.8 Å². The lowest BCUT2D eigenvalue weighted by molar-refractivity contribution is 0.0647. The third kappa shape index (κ3) is 11.1. The van der Waals surface area contributed by atoms with E-state index in [-0.39, 0.29) is 18.2 Å². The van der Waals surface area contributed by atoms with Gasteiger partial charge in [0.25, 0.3) is 0 Å². The van der Waals surface area contributed by atoms with Crippen molar-refractivity contribution >= 4 is 0 Å². The number of hydrogen-bond acceptors (Lipinski definition) is 7. The Labute approximate surface area is 164 Å². The first-order chi connectivity index (χ1) is 13.1. The molecule has 0 aromatic heterocycles. The molecule has 1 fully saturated rings. The van der Waals surface area contributed by atoms with Crippen molar-refractivity contribution in [2.45, 2.75) is 70.2 Å². The van der Waals surface area contributed by atoms with Crippen molar-refractivity contribution in [3.05, 3.63) is 12.7 Å². The predicted octanol–water partition coefficient (Wildman–Crippen LogP) is 0.554. The minimum Gasteiger partial charge on any atom is -0.378 e. The van der Waals surface area contributed by atoms with Crippen LogP contribution in [-0.4, -0.2) is 63.1 Å². The molecule has 0 bridgehead atoms. The molecule has 0 saturated carbocycles. The highest BCUT2D eigenvalue weighted by atomic mass is 19.1. The summed E-state index contributed by atoms with van der Waals surface area (Å²) in [5.41, 5.74) is 6.69. The van der Waals surface area contributed by atoms with Crippen LogP contribution < -0.4 is 32.1 Å². The Balaban J connectivity index is 2.39. The zero-order valence-electron chi connectivity index (χ0n) is 17.1. The average molecular weight is 389 g/mol. The number of unbranched alkanes of at least 4 members (excludes halogenated alkanes) is 1.